The average Bonchev–Trinajstić information content (AvgIpc) is 2.42. The van der Waals surface area contributed by atoms with Gasteiger partial charge in [0.2, 0.25) is 0 Å². The predicted molar refractivity (Wildman–Crippen MR) is 73.0 cm³/mol. The lowest BCUT2D eigenvalue weighted by Crippen LogP contribution is -2.06. The first-order valence-corrected chi connectivity index (χ1v) is 6.09. The van der Waals surface area contributed by atoms with Crippen molar-refractivity contribution < 1.29 is 13.9 Å². The van der Waals surface area contributed by atoms with Crippen molar-refractivity contribution in [3.05, 3.63) is 65.0 Å². The quantitative estimate of drug-likeness (QED) is 0.830. The molecule has 0 saturated heterocycles. The van der Waals surface area contributed by atoms with Gasteiger partial charge in [0.15, 0.2) is 0 Å². The van der Waals surface area contributed by atoms with Crippen LogP contribution in [0.4, 0.5) is 4.39 Å². The molecule has 0 bridgehead atoms. The minimum Gasteiger partial charge on any atom is -0.496 e. The number of benzene rings is 2. The van der Waals surface area contributed by atoms with Crippen molar-refractivity contribution in [1.82, 2.24) is 0 Å². The standard InChI is InChI=1S/C16H17FO2/c1-11-10-12(8-9-15(11)18-2)16(19-3)13-6-4-5-7-14(13)17/h4-10,16H,1-3H3. The zero-order valence-electron chi connectivity index (χ0n) is 11.3. The Labute approximate surface area is 112 Å². The van der Waals surface area contributed by atoms with E-state index in [2.05, 4.69) is 0 Å². The Morgan fingerprint density at radius 1 is 1.05 bits per heavy atom. The molecule has 0 aliphatic heterocycles. The maximum atomic E-state index is 13.9. The number of ether oxygens (including phenoxy) is 2. The molecule has 1 atom stereocenters. The molecule has 2 aromatic carbocycles. The van der Waals surface area contributed by atoms with Gasteiger partial charge >= 0.3 is 0 Å². The summed E-state index contributed by atoms with van der Waals surface area (Å²) in [4.78, 5) is 0. The van der Waals surface area contributed by atoms with Gasteiger partial charge in [-0.15, -0.1) is 0 Å². The lowest BCUT2D eigenvalue weighted by atomic mass is 9.99. The minimum atomic E-state index is -0.411. The van der Waals surface area contributed by atoms with E-state index in [1.54, 1.807) is 32.4 Å². The highest BCUT2D eigenvalue weighted by molar-refractivity contribution is 5.40. The summed E-state index contributed by atoms with van der Waals surface area (Å²) in [5.74, 6) is 0.551. The summed E-state index contributed by atoms with van der Waals surface area (Å²) >= 11 is 0. The molecule has 3 heteroatoms. The summed E-state index contributed by atoms with van der Waals surface area (Å²) < 4.78 is 24.5. The number of rotatable bonds is 4. The van der Waals surface area contributed by atoms with Gasteiger partial charge in [0.1, 0.15) is 17.7 Å². The Balaban J connectivity index is 2.43. The maximum Gasteiger partial charge on any atom is 0.129 e. The number of halogens is 1. The van der Waals surface area contributed by atoms with Crippen LogP contribution in [0.3, 0.4) is 0 Å². The van der Waals surface area contributed by atoms with Gasteiger partial charge in [0, 0.05) is 12.7 Å². The first-order chi connectivity index (χ1) is 9.17. The van der Waals surface area contributed by atoms with Crippen molar-refractivity contribution >= 4 is 0 Å². The van der Waals surface area contributed by atoms with E-state index in [0.29, 0.717) is 5.56 Å². The highest BCUT2D eigenvalue weighted by Crippen LogP contribution is 2.30. The molecule has 0 aliphatic rings. The number of aryl methyl sites for hydroxylation is 1. The Morgan fingerprint density at radius 3 is 2.37 bits per heavy atom. The second kappa shape index (κ2) is 5.85. The molecule has 0 spiro atoms. The Bertz CT molecular complexity index is 566. The van der Waals surface area contributed by atoms with Crippen molar-refractivity contribution in [3.63, 3.8) is 0 Å². The van der Waals surface area contributed by atoms with Crippen LogP contribution in [0.1, 0.15) is 22.8 Å². The van der Waals surface area contributed by atoms with Crippen molar-refractivity contribution in [2.45, 2.75) is 13.0 Å². The molecular weight excluding hydrogens is 243 g/mol. The molecule has 0 radical (unpaired) electrons. The summed E-state index contributed by atoms with van der Waals surface area (Å²) in [6.07, 6.45) is -0.411. The summed E-state index contributed by atoms with van der Waals surface area (Å²) in [6, 6.07) is 12.4. The maximum absolute atomic E-state index is 13.9. The predicted octanol–water partition coefficient (Wildman–Crippen LogP) is 3.88. The molecule has 0 N–H and O–H groups in total. The Morgan fingerprint density at radius 2 is 1.79 bits per heavy atom. The molecule has 100 valence electrons. The molecule has 2 rings (SSSR count). The fourth-order valence-corrected chi connectivity index (χ4v) is 2.20. The monoisotopic (exact) mass is 260 g/mol. The average molecular weight is 260 g/mol. The van der Waals surface area contributed by atoms with E-state index in [1.807, 2.05) is 25.1 Å². The van der Waals surface area contributed by atoms with E-state index in [1.165, 1.54) is 6.07 Å². The lowest BCUT2D eigenvalue weighted by molar-refractivity contribution is 0.133. The van der Waals surface area contributed by atoms with Gasteiger partial charge in [0.05, 0.1) is 7.11 Å². The van der Waals surface area contributed by atoms with Gasteiger partial charge in [-0.3, -0.25) is 0 Å². The third-order valence-corrected chi connectivity index (χ3v) is 3.15. The summed E-state index contributed by atoms with van der Waals surface area (Å²) in [7, 11) is 3.21. The molecule has 1 unspecified atom stereocenters. The van der Waals surface area contributed by atoms with E-state index >= 15 is 0 Å². The van der Waals surface area contributed by atoms with Crippen LogP contribution in [0.5, 0.6) is 5.75 Å². The van der Waals surface area contributed by atoms with Crippen molar-refractivity contribution in [2.24, 2.45) is 0 Å². The first kappa shape index (κ1) is 13.6. The second-order valence-electron chi connectivity index (χ2n) is 4.37. The van der Waals surface area contributed by atoms with Gasteiger partial charge in [0.25, 0.3) is 0 Å². The van der Waals surface area contributed by atoms with E-state index in [4.69, 9.17) is 9.47 Å². The van der Waals surface area contributed by atoms with Crippen LogP contribution < -0.4 is 4.74 Å². The van der Waals surface area contributed by atoms with Crippen LogP contribution in [0.2, 0.25) is 0 Å². The molecule has 0 heterocycles. The smallest absolute Gasteiger partial charge is 0.129 e. The van der Waals surface area contributed by atoms with Crippen LogP contribution in [-0.2, 0) is 4.74 Å². The highest BCUT2D eigenvalue weighted by atomic mass is 19.1. The second-order valence-corrected chi connectivity index (χ2v) is 4.37. The van der Waals surface area contributed by atoms with Crippen LogP contribution in [0.25, 0.3) is 0 Å². The summed E-state index contributed by atoms with van der Waals surface area (Å²) in [5, 5.41) is 0. The van der Waals surface area contributed by atoms with E-state index in [-0.39, 0.29) is 5.82 Å². The van der Waals surface area contributed by atoms with E-state index in [0.717, 1.165) is 16.9 Å². The van der Waals surface area contributed by atoms with Crippen LogP contribution in [0, 0.1) is 12.7 Å². The third kappa shape index (κ3) is 2.76. The zero-order valence-corrected chi connectivity index (χ0v) is 11.3. The van der Waals surface area contributed by atoms with Crippen LogP contribution in [-0.4, -0.2) is 14.2 Å². The van der Waals surface area contributed by atoms with Crippen molar-refractivity contribution in [1.29, 1.82) is 0 Å². The van der Waals surface area contributed by atoms with Crippen molar-refractivity contribution in [3.8, 4) is 5.75 Å². The van der Waals surface area contributed by atoms with Crippen LogP contribution in [0.15, 0.2) is 42.5 Å². The molecule has 2 nitrogen and oxygen atoms in total. The van der Waals surface area contributed by atoms with Crippen LogP contribution >= 0.6 is 0 Å². The molecule has 19 heavy (non-hydrogen) atoms. The lowest BCUT2D eigenvalue weighted by Gasteiger charge is -2.18. The van der Waals surface area contributed by atoms with Gasteiger partial charge in [-0.25, -0.2) is 4.39 Å². The Hall–Kier alpha value is -1.87. The Kier molecular flexibility index (Phi) is 4.17. The molecular formula is C16H17FO2. The number of hydrogen-bond acceptors (Lipinski definition) is 2. The number of methoxy groups -OCH3 is 2. The van der Waals surface area contributed by atoms with Gasteiger partial charge < -0.3 is 9.47 Å². The molecule has 0 saturated carbocycles. The van der Waals surface area contributed by atoms with Gasteiger partial charge in [-0.2, -0.15) is 0 Å². The molecule has 2 aromatic rings. The van der Waals surface area contributed by atoms with Crippen molar-refractivity contribution in [2.75, 3.05) is 14.2 Å². The summed E-state index contributed by atoms with van der Waals surface area (Å²) in [6.45, 7) is 1.95. The fraction of sp³-hybridized carbons (Fsp3) is 0.250. The summed E-state index contributed by atoms with van der Waals surface area (Å²) in [5.41, 5.74) is 2.44. The zero-order chi connectivity index (χ0) is 13.8. The molecule has 0 fully saturated rings. The largest absolute Gasteiger partial charge is 0.496 e. The SMILES string of the molecule is COc1ccc(C(OC)c2ccccc2F)cc1C. The first-order valence-electron chi connectivity index (χ1n) is 6.09. The third-order valence-electron chi connectivity index (χ3n) is 3.15. The molecule has 0 aromatic heterocycles. The molecule has 0 amide bonds. The normalized spacial score (nSPS) is 12.2. The van der Waals surface area contributed by atoms with Gasteiger partial charge in [-0.1, -0.05) is 24.3 Å². The topological polar surface area (TPSA) is 18.5 Å². The molecule has 0 aliphatic carbocycles. The van der Waals surface area contributed by atoms with Gasteiger partial charge in [-0.05, 0) is 36.2 Å². The van der Waals surface area contributed by atoms with E-state index in [9.17, 15) is 4.39 Å². The number of hydrogen-bond donors (Lipinski definition) is 0. The minimum absolute atomic E-state index is 0.261. The van der Waals surface area contributed by atoms with E-state index < -0.39 is 6.10 Å². The highest BCUT2D eigenvalue weighted by Gasteiger charge is 2.17. The fourth-order valence-electron chi connectivity index (χ4n) is 2.20.